The van der Waals surface area contributed by atoms with Crippen LogP contribution >= 0.6 is 27.5 Å². The molecule has 0 aliphatic heterocycles. The predicted molar refractivity (Wildman–Crippen MR) is 59.8 cm³/mol. The number of nitrogens with zero attached hydrogens (tertiary/aromatic N) is 1. The van der Waals surface area contributed by atoms with Gasteiger partial charge in [-0.2, -0.15) is 0 Å². The first-order valence-corrected chi connectivity index (χ1v) is 5.10. The quantitative estimate of drug-likeness (QED) is 0.802. The molecule has 0 atom stereocenters. The molecular formula is C9H6BrClN2O. The Morgan fingerprint density at radius 2 is 2.21 bits per heavy atom. The summed E-state index contributed by atoms with van der Waals surface area (Å²) in [6, 6.07) is 3.32. The first-order chi connectivity index (χ1) is 6.58. The lowest BCUT2D eigenvalue weighted by Crippen LogP contribution is -2.09. The van der Waals surface area contributed by atoms with Gasteiger partial charge in [-0.3, -0.25) is 4.79 Å². The number of hydrogen-bond donors (Lipinski definition) is 1. The van der Waals surface area contributed by atoms with E-state index in [1.54, 1.807) is 19.1 Å². The van der Waals surface area contributed by atoms with E-state index in [9.17, 15) is 4.79 Å². The molecule has 72 valence electrons. The highest BCUT2D eigenvalue weighted by Gasteiger charge is 2.06. The van der Waals surface area contributed by atoms with Crippen LogP contribution in [0.15, 0.2) is 21.4 Å². The molecule has 0 saturated heterocycles. The molecule has 14 heavy (non-hydrogen) atoms. The van der Waals surface area contributed by atoms with Crippen molar-refractivity contribution in [3.63, 3.8) is 0 Å². The third kappa shape index (κ3) is 1.55. The lowest BCUT2D eigenvalue weighted by molar-refractivity contribution is 1.06. The lowest BCUT2D eigenvalue weighted by atomic mass is 10.2. The Balaban J connectivity index is 3.02. The summed E-state index contributed by atoms with van der Waals surface area (Å²) in [5.74, 6) is 0.588. The van der Waals surface area contributed by atoms with E-state index in [0.717, 1.165) is 4.47 Å². The van der Waals surface area contributed by atoms with Crippen LogP contribution in [0.1, 0.15) is 5.82 Å². The molecule has 1 aromatic carbocycles. The molecule has 3 nitrogen and oxygen atoms in total. The van der Waals surface area contributed by atoms with E-state index in [1.807, 2.05) is 0 Å². The minimum atomic E-state index is -0.171. The van der Waals surface area contributed by atoms with E-state index in [2.05, 4.69) is 25.9 Å². The first-order valence-electron chi connectivity index (χ1n) is 3.93. The standard InChI is InChI=1S/C9H6BrClN2O/c1-4-12-8-6(9(14)13-4)2-5(11)3-7(8)10/h2-3H,1H3,(H,12,13,14). The van der Waals surface area contributed by atoms with Gasteiger partial charge < -0.3 is 4.98 Å². The Bertz CT molecular complexity index is 564. The first kappa shape index (κ1) is 9.68. The Kier molecular flexibility index (Phi) is 2.33. The number of nitrogens with one attached hydrogen (secondary N) is 1. The summed E-state index contributed by atoms with van der Waals surface area (Å²) in [6.07, 6.45) is 0. The fraction of sp³-hybridized carbons (Fsp3) is 0.111. The number of benzene rings is 1. The molecule has 0 saturated carbocycles. The number of aryl methyl sites for hydroxylation is 1. The average molecular weight is 274 g/mol. The minimum absolute atomic E-state index is 0.171. The summed E-state index contributed by atoms with van der Waals surface area (Å²) in [7, 11) is 0. The molecule has 1 aromatic heterocycles. The number of H-pyrrole nitrogens is 1. The van der Waals surface area contributed by atoms with Gasteiger partial charge in [-0.15, -0.1) is 0 Å². The van der Waals surface area contributed by atoms with Gasteiger partial charge in [-0.25, -0.2) is 4.98 Å². The van der Waals surface area contributed by atoms with Crippen molar-refractivity contribution in [1.82, 2.24) is 9.97 Å². The summed E-state index contributed by atoms with van der Waals surface area (Å²) in [6.45, 7) is 1.74. The molecule has 1 heterocycles. The smallest absolute Gasteiger partial charge is 0.258 e. The van der Waals surface area contributed by atoms with Gasteiger partial charge in [0.25, 0.3) is 5.56 Å². The number of fused-ring (bicyclic) bond motifs is 1. The van der Waals surface area contributed by atoms with E-state index in [0.29, 0.717) is 21.7 Å². The minimum Gasteiger partial charge on any atom is -0.310 e. The van der Waals surface area contributed by atoms with E-state index in [1.165, 1.54) is 0 Å². The third-order valence-corrected chi connectivity index (χ3v) is 2.67. The maximum absolute atomic E-state index is 11.5. The Hall–Kier alpha value is -0.870. The molecule has 1 N–H and O–H groups in total. The van der Waals surface area contributed by atoms with E-state index >= 15 is 0 Å². The number of aromatic nitrogens is 2. The van der Waals surface area contributed by atoms with Gasteiger partial charge >= 0.3 is 0 Å². The molecule has 2 rings (SSSR count). The second-order valence-electron chi connectivity index (χ2n) is 2.94. The van der Waals surface area contributed by atoms with Crippen molar-refractivity contribution < 1.29 is 0 Å². The van der Waals surface area contributed by atoms with E-state index < -0.39 is 0 Å². The van der Waals surface area contributed by atoms with Gasteiger partial charge in [0, 0.05) is 9.50 Å². The molecule has 0 amide bonds. The van der Waals surface area contributed by atoms with Crippen molar-refractivity contribution in [3.8, 4) is 0 Å². The maximum atomic E-state index is 11.5. The van der Waals surface area contributed by atoms with Crippen molar-refractivity contribution in [1.29, 1.82) is 0 Å². The van der Waals surface area contributed by atoms with Crippen molar-refractivity contribution in [2.24, 2.45) is 0 Å². The highest BCUT2D eigenvalue weighted by atomic mass is 79.9. The summed E-state index contributed by atoms with van der Waals surface area (Å²) in [5, 5.41) is 1.01. The highest BCUT2D eigenvalue weighted by Crippen LogP contribution is 2.24. The second-order valence-corrected chi connectivity index (χ2v) is 4.23. The van der Waals surface area contributed by atoms with Gasteiger partial charge in [-0.1, -0.05) is 11.6 Å². The summed E-state index contributed by atoms with van der Waals surface area (Å²) < 4.78 is 0.731. The van der Waals surface area contributed by atoms with E-state index in [4.69, 9.17) is 11.6 Å². The van der Waals surface area contributed by atoms with Gasteiger partial charge in [0.2, 0.25) is 0 Å². The molecule has 0 spiro atoms. The molecule has 0 radical (unpaired) electrons. The van der Waals surface area contributed by atoms with Crippen LogP contribution in [-0.2, 0) is 0 Å². The van der Waals surface area contributed by atoms with Crippen LogP contribution in [0.3, 0.4) is 0 Å². The zero-order chi connectivity index (χ0) is 10.3. The third-order valence-electron chi connectivity index (χ3n) is 1.85. The van der Waals surface area contributed by atoms with Crippen molar-refractivity contribution in [2.75, 3.05) is 0 Å². The topological polar surface area (TPSA) is 45.8 Å². The zero-order valence-corrected chi connectivity index (χ0v) is 9.61. The fourth-order valence-electron chi connectivity index (χ4n) is 1.28. The molecule has 0 aliphatic carbocycles. The van der Waals surface area contributed by atoms with Crippen LogP contribution in [0, 0.1) is 6.92 Å². The van der Waals surface area contributed by atoms with Crippen molar-refractivity contribution >= 4 is 38.4 Å². The fourth-order valence-corrected chi connectivity index (χ4v) is 2.18. The highest BCUT2D eigenvalue weighted by molar-refractivity contribution is 9.10. The van der Waals surface area contributed by atoms with Crippen LogP contribution in [0.25, 0.3) is 10.9 Å². The van der Waals surface area contributed by atoms with Crippen LogP contribution in [0.2, 0.25) is 5.02 Å². The molecule has 0 fully saturated rings. The monoisotopic (exact) mass is 272 g/mol. The van der Waals surface area contributed by atoms with Gasteiger partial charge in [0.05, 0.1) is 10.9 Å². The largest absolute Gasteiger partial charge is 0.310 e. The maximum Gasteiger partial charge on any atom is 0.258 e. The number of aromatic amines is 1. The molecule has 0 aliphatic rings. The number of rotatable bonds is 0. The predicted octanol–water partition coefficient (Wildman–Crippen LogP) is 2.65. The van der Waals surface area contributed by atoms with Crippen LogP contribution < -0.4 is 5.56 Å². The summed E-state index contributed by atoms with van der Waals surface area (Å²) >= 11 is 9.14. The summed E-state index contributed by atoms with van der Waals surface area (Å²) in [5.41, 5.74) is 0.464. The van der Waals surface area contributed by atoms with Crippen molar-refractivity contribution in [2.45, 2.75) is 6.92 Å². The Labute approximate surface area is 93.2 Å². The van der Waals surface area contributed by atoms with Gasteiger partial charge in [-0.05, 0) is 35.0 Å². The Morgan fingerprint density at radius 3 is 2.93 bits per heavy atom. The van der Waals surface area contributed by atoms with Crippen LogP contribution in [0.4, 0.5) is 0 Å². The molecule has 5 heteroatoms. The lowest BCUT2D eigenvalue weighted by Gasteiger charge is -2.01. The normalized spacial score (nSPS) is 10.8. The SMILES string of the molecule is Cc1nc2c(Br)cc(Cl)cc2c(=O)[nH]1. The molecular weight excluding hydrogens is 267 g/mol. The van der Waals surface area contributed by atoms with Gasteiger partial charge in [0.1, 0.15) is 5.82 Å². The Morgan fingerprint density at radius 1 is 1.50 bits per heavy atom. The zero-order valence-electron chi connectivity index (χ0n) is 7.27. The van der Waals surface area contributed by atoms with Crippen molar-refractivity contribution in [3.05, 3.63) is 37.8 Å². The van der Waals surface area contributed by atoms with E-state index in [-0.39, 0.29) is 5.56 Å². The number of halogens is 2. The molecule has 0 bridgehead atoms. The average Bonchev–Trinajstić information content (AvgIpc) is 2.07. The van der Waals surface area contributed by atoms with Crippen LogP contribution in [-0.4, -0.2) is 9.97 Å². The molecule has 0 unspecified atom stereocenters. The van der Waals surface area contributed by atoms with Crippen LogP contribution in [0.5, 0.6) is 0 Å². The summed E-state index contributed by atoms with van der Waals surface area (Å²) in [4.78, 5) is 18.4. The molecule has 2 aromatic rings. The second kappa shape index (κ2) is 3.37. The number of hydrogen-bond acceptors (Lipinski definition) is 2. The van der Waals surface area contributed by atoms with Gasteiger partial charge in [0.15, 0.2) is 0 Å².